The van der Waals surface area contributed by atoms with Crippen molar-refractivity contribution in [2.24, 2.45) is 0 Å². The number of hydrogen-bond acceptors (Lipinski definition) is 5. The molecule has 2 heterocycles. The second kappa shape index (κ2) is 7.75. The van der Waals surface area contributed by atoms with Crippen LogP contribution in [0.4, 0.5) is 11.5 Å². The zero-order valence-electron chi connectivity index (χ0n) is 14.3. The number of benzene rings is 1. The molecule has 6 nitrogen and oxygen atoms in total. The lowest BCUT2D eigenvalue weighted by Crippen LogP contribution is -2.43. The van der Waals surface area contributed by atoms with Gasteiger partial charge in [-0.2, -0.15) is 5.26 Å². The highest BCUT2D eigenvalue weighted by atomic mass is 16.2. The van der Waals surface area contributed by atoms with Crippen LogP contribution in [-0.2, 0) is 0 Å². The molecule has 1 N–H and O–H groups in total. The summed E-state index contributed by atoms with van der Waals surface area (Å²) in [5.74, 6) is 0.452. The van der Waals surface area contributed by atoms with E-state index in [2.05, 4.69) is 28.3 Å². The topological polar surface area (TPSA) is 81.9 Å². The summed E-state index contributed by atoms with van der Waals surface area (Å²) in [6.45, 7) is 2.90. The van der Waals surface area contributed by atoms with E-state index in [1.54, 1.807) is 18.2 Å². The minimum absolute atomic E-state index is 0.0528. The Bertz CT molecular complexity index is 781. The predicted octanol–water partition coefficient (Wildman–Crippen LogP) is 3.50. The standard InChI is InChI=1S/C19H21N5O/c1-2-15-8-5-6-10-24(15)19(25)17-12-22-18(13-21-17)23-16-9-4-3-7-14(16)11-20/h3-4,7,9,12-13,15H,2,5-6,8,10H2,1H3,(H,22,23). The molecular weight excluding hydrogens is 314 g/mol. The van der Waals surface area contributed by atoms with Gasteiger partial charge in [-0.1, -0.05) is 19.1 Å². The van der Waals surface area contributed by atoms with Gasteiger partial charge in [0.1, 0.15) is 17.6 Å². The van der Waals surface area contributed by atoms with Gasteiger partial charge in [0.05, 0.1) is 23.6 Å². The minimum atomic E-state index is -0.0528. The maximum atomic E-state index is 12.7. The molecule has 0 bridgehead atoms. The van der Waals surface area contributed by atoms with Crippen LogP contribution in [0.2, 0.25) is 0 Å². The van der Waals surface area contributed by atoms with Gasteiger partial charge in [-0.15, -0.1) is 0 Å². The number of nitrogens with one attached hydrogen (secondary N) is 1. The van der Waals surface area contributed by atoms with Gasteiger partial charge in [0.15, 0.2) is 0 Å². The van der Waals surface area contributed by atoms with Crippen LogP contribution in [0.1, 0.15) is 48.7 Å². The number of nitriles is 1. The number of nitrogens with zero attached hydrogens (tertiary/aromatic N) is 4. The van der Waals surface area contributed by atoms with Gasteiger partial charge in [-0.05, 0) is 37.8 Å². The number of hydrogen-bond donors (Lipinski definition) is 1. The van der Waals surface area contributed by atoms with Crippen molar-refractivity contribution in [3.8, 4) is 6.07 Å². The third kappa shape index (κ3) is 3.77. The first-order valence-electron chi connectivity index (χ1n) is 8.62. The molecule has 0 saturated carbocycles. The molecule has 1 unspecified atom stereocenters. The highest BCUT2D eigenvalue weighted by Crippen LogP contribution is 2.22. The number of para-hydroxylation sites is 1. The summed E-state index contributed by atoms with van der Waals surface area (Å²) in [5.41, 5.74) is 1.56. The van der Waals surface area contributed by atoms with Gasteiger partial charge in [-0.25, -0.2) is 9.97 Å². The van der Waals surface area contributed by atoms with Crippen LogP contribution in [0, 0.1) is 11.3 Å². The number of likely N-dealkylation sites (tertiary alicyclic amines) is 1. The number of piperidine rings is 1. The van der Waals surface area contributed by atoms with Crippen molar-refractivity contribution in [3.63, 3.8) is 0 Å². The highest BCUT2D eigenvalue weighted by molar-refractivity contribution is 5.92. The number of carbonyl (C=O) groups is 1. The molecule has 0 spiro atoms. The molecule has 1 aromatic heterocycles. The number of carbonyl (C=O) groups excluding carboxylic acids is 1. The molecule has 25 heavy (non-hydrogen) atoms. The fourth-order valence-electron chi connectivity index (χ4n) is 3.17. The quantitative estimate of drug-likeness (QED) is 0.925. The van der Waals surface area contributed by atoms with Crippen molar-refractivity contribution in [1.82, 2.24) is 14.9 Å². The van der Waals surface area contributed by atoms with Crippen molar-refractivity contribution in [3.05, 3.63) is 47.9 Å². The molecule has 1 aliphatic rings. The Kier molecular flexibility index (Phi) is 5.24. The van der Waals surface area contributed by atoms with Crippen LogP contribution in [0.15, 0.2) is 36.7 Å². The summed E-state index contributed by atoms with van der Waals surface area (Å²) in [6, 6.07) is 9.61. The molecule has 0 aliphatic carbocycles. The molecule has 1 fully saturated rings. The van der Waals surface area contributed by atoms with E-state index in [0.717, 1.165) is 25.8 Å². The second-order valence-electron chi connectivity index (χ2n) is 6.13. The molecule has 2 aromatic rings. The average molecular weight is 335 g/mol. The second-order valence-corrected chi connectivity index (χ2v) is 6.13. The number of anilines is 2. The van der Waals surface area contributed by atoms with Gasteiger partial charge in [-0.3, -0.25) is 4.79 Å². The number of rotatable bonds is 4. The lowest BCUT2D eigenvalue weighted by molar-refractivity contribution is 0.0601. The van der Waals surface area contributed by atoms with Crippen molar-refractivity contribution in [1.29, 1.82) is 5.26 Å². The monoisotopic (exact) mass is 335 g/mol. The molecule has 1 aromatic carbocycles. The number of aromatic nitrogens is 2. The average Bonchev–Trinajstić information content (AvgIpc) is 2.68. The van der Waals surface area contributed by atoms with Crippen molar-refractivity contribution < 1.29 is 4.79 Å². The maximum absolute atomic E-state index is 12.7. The van der Waals surface area contributed by atoms with E-state index in [1.807, 2.05) is 11.0 Å². The summed E-state index contributed by atoms with van der Waals surface area (Å²) in [5, 5.41) is 12.2. The van der Waals surface area contributed by atoms with Gasteiger partial charge in [0, 0.05) is 12.6 Å². The van der Waals surface area contributed by atoms with E-state index < -0.39 is 0 Å². The summed E-state index contributed by atoms with van der Waals surface area (Å²) < 4.78 is 0. The number of amides is 1. The van der Waals surface area contributed by atoms with Crippen LogP contribution in [0.3, 0.4) is 0 Å². The Balaban J connectivity index is 1.74. The van der Waals surface area contributed by atoms with Crippen LogP contribution >= 0.6 is 0 Å². The van der Waals surface area contributed by atoms with E-state index in [0.29, 0.717) is 28.8 Å². The molecule has 1 saturated heterocycles. The molecule has 3 rings (SSSR count). The van der Waals surface area contributed by atoms with Crippen molar-refractivity contribution in [2.45, 2.75) is 38.6 Å². The Morgan fingerprint density at radius 2 is 2.16 bits per heavy atom. The van der Waals surface area contributed by atoms with E-state index in [9.17, 15) is 4.79 Å². The first kappa shape index (κ1) is 16.9. The van der Waals surface area contributed by atoms with Crippen LogP contribution < -0.4 is 5.32 Å². The fourth-order valence-corrected chi connectivity index (χ4v) is 3.17. The third-order valence-corrected chi connectivity index (χ3v) is 4.54. The van der Waals surface area contributed by atoms with E-state index in [4.69, 9.17) is 5.26 Å². The molecular formula is C19H21N5O. The van der Waals surface area contributed by atoms with Crippen molar-refractivity contribution in [2.75, 3.05) is 11.9 Å². The summed E-state index contributed by atoms with van der Waals surface area (Å²) in [4.78, 5) is 23.2. The normalized spacial score (nSPS) is 17.0. The third-order valence-electron chi connectivity index (χ3n) is 4.54. The van der Waals surface area contributed by atoms with Gasteiger partial charge in [0.25, 0.3) is 5.91 Å². The zero-order chi connectivity index (χ0) is 17.6. The Morgan fingerprint density at radius 1 is 1.32 bits per heavy atom. The molecule has 1 amide bonds. The first-order chi connectivity index (χ1) is 12.2. The lowest BCUT2D eigenvalue weighted by Gasteiger charge is -2.34. The predicted molar refractivity (Wildman–Crippen MR) is 95.4 cm³/mol. The molecule has 1 atom stereocenters. The maximum Gasteiger partial charge on any atom is 0.274 e. The summed E-state index contributed by atoms with van der Waals surface area (Å²) in [7, 11) is 0. The van der Waals surface area contributed by atoms with Crippen LogP contribution in [-0.4, -0.2) is 33.4 Å². The summed E-state index contributed by atoms with van der Waals surface area (Å²) >= 11 is 0. The molecule has 128 valence electrons. The van der Waals surface area contributed by atoms with E-state index >= 15 is 0 Å². The zero-order valence-corrected chi connectivity index (χ0v) is 14.3. The minimum Gasteiger partial charge on any atom is -0.338 e. The smallest absolute Gasteiger partial charge is 0.274 e. The fraction of sp³-hybridized carbons (Fsp3) is 0.368. The summed E-state index contributed by atoms with van der Waals surface area (Å²) in [6.07, 6.45) is 7.27. The SMILES string of the molecule is CCC1CCCCN1C(=O)c1cnc(Nc2ccccc2C#N)cn1. The Morgan fingerprint density at radius 3 is 2.88 bits per heavy atom. The van der Waals surface area contributed by atoms with Gasteiger partial charge in [0.2, 0.25) is 0 Å². The molecule has 6 heteroatoms. The van der Waals surface area contributed by atoms with Crippen molar-refractivity contribution >= 4 is 17.4 Å². The van der Waals surface area contributed by atoms with Crippen LogP contribution in [0.5, 0.6) is 0 Å². The van der Waals surface area contributed by atoms with E-state index in [1.165, 1.54) is 18.8 Å². The first-order valence-corrected chi connectivity index (χ1v) is 8.62. The van der Waals surface area contributed by atoms with Gasteiger partial charge < -0.3 is 10.2 Å². The Hall–Kier alpha value is -2.94. The van der Waals surface area contributed by atoms with Gasteiger partial charge >= 0.3 is 0 Å². The Labute approximate surface area is 147 Å². The van der Waals surface area contributed by atoms with Crippen LogP contribution in [0.25, 0.3) is 0 Å². The lowest BCUT2D eigenvalue weighted by atomic mass is 10.00. The molecule has 0 radical (unpaired) electrons. The van der Waals surface area contributed by atoms with E-state index in [-0.39, 0.29) is 5.91 Å². The molecule has 1 aliphatic heterocycles. The highest BCUT2D eigenvalue weighted by Gasteiger charge is 2.27. The largest absolute Gasteiger partial charge is 0.338 e.